The Kier molecular flexibility index (Phi) is 2.37. The van der Waals surface area contributed by atoms with Gasteiger partial charge in [0, 0.05) is 17.1 Å². The molecule has 3 heteroatoms. The third-order valence-corrected chi connectivity index (χ3v) is 3.63. The fourth-order valence-corrected chi connectivity index (χ4v) is 2.79. The van der Waals surface area contributed by atoms with Crippen molar-refractivity contribution in [3.8, 4) is 5.75 Å². The minimum Gasteiger partial charge on any atom is -0.495 e. The highest BCUT2D eigenvalue weighted by molar-refractivity contribution is 5.90. The number of rotatable bonds is 1. The maximum atomic E-state index is 5.47. The molecule has 0 fully saturated rings. The monoisotopic (exact) mass is 230 g/mol. The molecule has 1 aromatic heterocycles. The number of H-pyrrole nitrogens is 1. The molecular weight excluding hydrogens is 212 g/mol. The Labute approximate surface area is 101 Å². The zero-order valence-corrected chi connectivity index (χ0v) is 10.6. The number of hydrogen-bond donors (Lipinski definition) is 2. The molecule has 1 aliphatic heterocycles. The Morgan fingerprint density at radius 2 is 2.18 bits per heavy atom. The van der Waals surface area contributed by atoms with Crippen molar-refractivity contribution in [1.82, 2.24) is 10.3 Å². The number of methoxy groups -OCH3 is 1. The molecule has 2 N–H and O–H groups in total. The van der Waals surface area contributed by atoms with Crippen LogP contribution in [0.5, 0.6) is 5.75 Å². The molecule has 17 heavy (non-hydrogen) atoms. The molecule has 2 aromatic rings. The molecule has 0 bridgehead atoms. The van der Waals surface area contributed by atoms with Gasteiger partial charge in [0.15, 0.2) is 0 Å². The van der Waals surface area contributed by atoms with Gasteiger partial charge in [0.1, 0.15) is 5.75 Å². The molecule has 3 nitrogen and oxygen atoms in total. The van der Waals surface area contributed by atoms with Crippen LogP contribution in [-0.2, 0) is 6.42 Å². The van der Waals surface area contributed by atoms with E-state index in [9.17, 15) is 0 Å². The normalized spacial score (nSPS) is 19.4. The second-order valence-corrected chi connectivity index (χ2v) is 4.83. The Hall–Kier alpha value is -1.48. The summed E-state index contributed by atoms with van der Waals surface area (Å²) in [5.41, 5.74) is 5.16. The average Bonchev–Trinajstić information content (AvgIpc) is 2.68. The molecule has 0 saturated heterocycles. The van der Waals surface area contributed by atoms with Crippen molar-refractivity contribution in [2.45, 2.75) is 26.3 Å². The summed E-state index contributed by atoms with van der Waals surface area (Å²) in [7, 11) is 1.73. The van der Waals surface area contributed by atoms with Crippen LogP contribution in [0, 0.1) is 6.92 Å². The summed E-state index contributed by atoms with van der Waals surface area (Å²) in [6.45, 7) is 5.37. The lowest BCUT2D eigenvalue weighted by Crippen LogP contribution is -2.27. The van der Waals surface area contributed by atoms with Crippen LogP contribution in [0.4, 0.5) is 0 Å². The predicted molar refractivity (Wildman–Crippen MR) is 69.7 cm³/mol. The molecule has 0 saturated carbocycles. The van der Waals surface area contributed by atoms with E-state index in [0.717, 1.165) is 24.2 Å². The zero-order valence-electron chi connectivity index (χ0n) is 10.6. The third kappa shape index (κ3) is 1.53. The second-order valence-electron chi connectivity index (χ2n) is 4.83. The number of aromatic amines is 1. The minimum absolute atomic E-state index is 0.399. The van der Waals surface area contributed by atoms with Gasteiger partial charge in [-0.15, -0.1) is 0 Å². The highest BCUT2D eigenvalue weighted by Crippen LogP contribution is 2.35. The molecule has 3 rings (SSSR count). The van der Waals surface area contributed by atoms with Gasteiger partial charge in [-0.25, -0.2) is 0 Å². The van der Waals surface area contributed by atoms with E-state index < -0.39 is 0 Å². The Morgan fingerprint density at radius 3 is 2.94 bits per heavy atom. The van der Waals surface area contributed by atoms with Crippen molar-refractivity contribution >= 4 is 10.9 Å². The maximum absolute atomic E-state index is 5.47. The number of aryl methyl sites for hydroxylation is 1. The van der Waals surface area contributed by atoms with Crippen LogP contribution in [0.2, 0.25) is 0 Å². The first-order chi connectivity index (χ1) is 8.20. The summed E-state index contributed by atoms with van der Waals surface area (Å²) in [5, 5.41) is 4.80. The van der Waals surface area contributed by atoms with Gasteiger partial charge in [-0.1, -0.05) is 0 Å². The van der Waals surface area contributed by atoms with Gasteiger partial charge >= 0.3 is 0 Å². The molecule has 90 valence electrons. The van der Waals surface area contributed by atoms with E-state index in [1.54, 1.807) is 7.11 Å². The number of nitrogens with one attached hydrogen (secondary N) is 2. The Balaban J connectivity index is 2.33. The summed E-state index contributed by atoms with van der Waals surface area (Å²) >= 11 is 0. The highest BCUT2D eigenvalue weighted by atomic mass is 16.5. The largest absolute Gasteiger partial charge is 0.495 e. The Bertz CT molecular complexity index is 571. The molecule has 2 heterocycles. The summed E-state index contributed by atoms with van der Waals surface area (Å²) in [6.07, 6.45) is 1.09. The second kappa shape index (κ2) is 3.77. The molecule has 0 radical (unpaired) electrons. The molecular formula is C14H18N2O. The fraction of sp³-hybridized carbons (Fsp3) is 0.429. The zero-order chi connectivity index (χ0) is 12.0. The molecule has 1 unspecified atom stereocenters. The highest BCUT2D eigenvalue weighted by Gasteiger charge is 2.22. The SMILES string of the molecule is COc1cc(C)cc2c3c([nH]c12)C(C)NCC3. The quantitative estimate of drug-likeness (QED) is 0.790. The van der Waals surface area contributed by atoms with Gasteiger partial charge < -0.3 is 15.0 Å². The first-order valence-corrected chi connectivity index (χ1v) is 6.13. The summed E-state index contributed by atoms with van der Waals surface area (Å²) < 4.78 is 5.47. The maximum Gasteiger partial charge on any atom is 0.143 e. The number of ether oxygens (including phenoxy) is 1. The average molecular weight is 230 g/mol. The van der Waals surface area contributed by atoms with Gasteiger partial charge in [0.2, 0.25) is 0 Å². The van der Waals surface area contributed by atoms with E-state index in [0.29, 0.717) is 6.04 Å². The van der Waals surface area contributed by atoms with Gasteiger partial charge in [0.05, 0.1) is 12.6 Å². The van der Waals surface area contributed by atoms with Gasteiger partial charge in [-0.3, -0.25) is 0 Å². The van der Waals surface area contributed by atoms with Crippen LogP contribution >= 0.6 is 0 Å². The van der Waals surface area contributed by atoms with E-state index >= 15 is 0 Å². The van der Waals surface area contributed by atoms with Crippen LogP contribution in [0.15, 0.2) is 12.1 Å². The predicted octanol–water partition coefficient (Wildman–Crippen LogP) is 2.69. The van der Waals surface area contributed by atoms with E-state index in [1.165, 1.54) is 22.2 Å². The van der Waals surface area contributed by atoms with Gasteiger partial charge in [-0.05, 0) is 50.1 Å². The topological polar surface area (TPSA) is 37.0 Å². The van der Waals surface area contributed by atoms with Crippen molar-refractivity contribution in [1.29, 1.82) is 0 Å². The number of aromatic nitrogens is 1. The van der Waals surface area contributed by atoms with Crippen LogP contribution < -0.4 is 10.1 Å². The van der Waals surface area contributed by atoms with Crippen molar-refractivity contribution in [2.24, 2.45) is 0 Å². The van der Waals surface area contributed by atoms with E-state index in [1.807, 2.05) is 0 Å². The number of fused-ring (bicyclic) bond motifs is 3. The summed E-state index contributed by atoms with van der Waals surface area (Å²) in [6, 6.07) is 4.74. The number of benzene rings is 1. The molecule has 0 spiro atoms. The first kappa shape index (κ1) is 10.7. The lowest BCUT2D eigenvalue weighted by atomic mass is 9.99. The lowest BCUT2D eigenvalue weighted by Gasteiger charge is -2.20. The third-order valence-electron chi connectivity index (χ3n) is 3.63. The van der Waals surface area contributed by atoms with E-state index in [2.05, 4.69) is 36.3 Å². The molecule has 0 amide bonds. The standard InChI is InChI=1S/C14H18N2O/c1-8-6-11-10-4-5-15-9(2)13(10)16-14(11)12(7-8)17-3/h6-7,9,15-16H,4-5H2,1-3H3. The molecule has 1 atom stereocenters. The molecule has 0 aliphatic carbocycles. The van der Waals surface area contributed by atoms with Crippen molar-refractivity contribution < 1.29 is 4.74 Å². The van der Waals surface area contributed by atoms with Crippen LogP contribution in [-0.4, -0.2) is 18.6 Å². The molecule has 1 aliphatic rings. The van der Waals surface area contributed by atoms with Crippen molar-refractivity contribution in [3.05, 3.63) is 29.0 Å². The van der Waals surface area contributed by atoms with Crippen LogP contribution in [0.25, 0.3) is 10.9 Å². The van der Waals surface area contributed by atoms with Gasteiger partial charge in [-0.2, -0.15) is 0 Å². The number of hydrogen-bond acceptors (Lipinski definition) is 2. The Morgan fingerprint density at radius 1 is 1.35 bits per heavy atom. The van der Waals surface area contributed by atoms with Crippen molar-refractivity contribution in [2.75, 3.05) is 13.7 Å². The smallest absolute Gasteiger partial charge is 0.143 e. The summed E-state index contributed by atoms with van der Waals surface area (Å²) in [4.78, 5) is 3.53. The van der Waals surface area contributed by atoms with Gasteiger partial charge in [0.25, 0.3) is 0 Å². The lowest BCUT2D eigenvalue weighted by molar-refractivity contribution is 0.418. The van der Waals surface area contributed by atoms with Crippen LogP contribution in [0.1, 0.15) is 29.8 Å². The fourth-order valence-electron chi connectivity index (χ4n) is 2.79. The molecule has 1 aromatic carbocycles. The van der Waals surface area contributed by atoms with E-state index in [-0.39, 0.29) is 0 Å². The van der Waals surface area contributed by atoms with Crippen molar-refractivity contribution in [3.63, 3.8) is 0 Å². The van der Waals surface area contributed by atoms with E-state index in [4.69, 9.17) is 4.74 Å². The summed E-state index contributed by atoms with van der Waals surface area (Å²) in [5.74, 6) is 0.946. The van der Waals surface area contributed by atoms with Crippen LogP contribution in [0.3, 0.4) is 0 Å². The minimum atomic E-state index is 0.399. The first-order valence-electron chi connectivity index (χ1n) is 6.13.